The SMILES string of the molecule is CCCN1CCN(c2nc(Nc3cc(C4CC4)[nH]n3)nc(N3CCCC3)n2)CC1. The third kappa shape index (κ3) is 4.29. The number of rotatable bonds is 7. The first-order valence-electron chi connectivity index (χ1n) is 11.1. The molecule has 3 aliphatic rings. The Balaban J connectivity index is 1.36. The number of nitrogens with one attached hydrogen (secondary N) is 2. The lowest BCUT2D eigenvalue weighted by atomic mass is 10.3. The van der Waals surface area contributed by atoms with E-state index in [0.29, 0.717) is 11.9 Å². The number of hydrogen-bond acceptors (Lipinski definition) is 8. The van der Waals surface area contributed by atoms with Crippen LogP contribution < -0.4 is 15.1 Å². The van der Waals surface area contributed by atoms with Gasteiger partial charge in [0.05, 0.1) is 0 Å². The zero-order valence-corrected chi connectivity index (χ0v) is 17.3. The van der Waals surface area contributed by atoms with Crippen LogP contribution in [0.3, 0.4) is 0 Å². The van der Waals surface area contributed by atoms with Crippen LogP contribution in [0.1, 0.15) is 50.6 Å². The Morgan fingerprint density at radius 1 is 0.966 bits per heavy atom. The Labute approximate surface area is 171 Å². The quantitative estimate of drug-likeness (QED) is 0.736. The molecule has 0 spiro atoms. The Bertz CT molecular complexity index is 817. The number of hydrogen-bond donors (Lipinski definition) is 2. The topological polar surface area (TPSA) is 89.1 Å². The molecule has 0 unspecified atom stereocenters. The summed E-state index contributed by atoms with van der Waals surface area (Å²) in [5.74, 6) is 3.57. The van der Waals surface area contributed by atoms with Gasteiger partial charge in [-0.2, -0.15) is 20.1 Å². The van der Waals surface area contributed by atoms with Gasteiger partial charge in [-0.1, -0.05) is 6.92 Å². The summed E-state index contributed by atoms with van der Waals surface area (Å²) in [4.78, 5) is 21.4. The summed E-state index contributed by atoms with van der Waals surface area (Å²) in [5.41, 5.74) is 1.20. The zero-order valence-electron chi connectivity index (χ0n) is 17.3. The number of nitrogens with zero attached hydrogens (tertiary/aromatic N) is 7. The Morgan fingerprint density at radius 3 is 2.31 bits per heavy atom. The van der Waals surface area contributed by atoms with Gasteiger partial charge in [0.15, 0.2) is 5.82 Å². The molecule has 9 heteroatoms. The van der Waals surface area contributed by atoms with Crippen molar-refractivity contribution in [1.82, 2.24) is 30.0 Å². The molecule has 0 radical (unpaired) electrons. The first-order chi connectivity index (χ1) is 14.3. The molecule has 9 nitrogen and oxygen atoms in total. The van der Waals surface area contributed by atoms with Crippen LogP contribution in [0, 0.1) is 0 Å². The third-order valence-corrected chi connectivity index (χ3v) is 6.05. The molecule has 0 bridgehead atoms. The van der Waals surface area contributed by atoms with Crippen LogP contribution in [0.4, 0.5) is 23.7 Å². The lowest BCUT2D eigenvalue weighted by molar-refractivity contribution is 0.257. The molecule has 156 valence electrons. The van der Waals surface area contributed by atoms with Gasteiger partial charge in [-0.15, -0.1) is 0 Å². The minimum absolute atomic E-state index is 0.585. The molecule has 1 saturated carbocycles. The smallest absolute Gasteiger partial charge is 0.235 e. The molecule has 0 atom stereocenters. The van der Waals surface area contributed by atoms with Crippen LogP contribution in [0.5, 0.6) is 0 Å². The average Bonchev–Trinajstić information content (AvgIpc) is 3.24. The highest BCUT2D eigenvalue weighted by molar-refractivity contribution is 5.53. The van der Waals surface area contributed by atoms with E-state index in [-0.39, 0.29) is 0 Å². The minimum atomic E-state index is 0.585. The van der Waals surface area contributed by atoms with E-state index >= 15 is 0 Å². The van der Waals surface area contributed by atoms with Crippen molar-refractivity contribution in [3.8, 4) is 0 Å². The van der Waals surface area contributed by atoms with Gasteiger partial charge in [-0.05, 0) is 38.6 Å². The molecule has 1 aliphatic carbocycles. The van der Waals surface area contributed by atoms with E-state index < -0.39 is 0 Å². The van der Waals surface area contributed by atoms with Crippen LogP contribution in [0.25, 0.3) is 0 Å². The third-order valence-electron chi connectivity index (χ3n) is 6.05. The van der Waals surface area contributed by atoms with Crippen molar-refractivity contribution in [1.29, 1.82) is 0 Å². The lowest BCUT2D eigenvalue weighted by Gasteiger charge is -2.34. The molecule has 2 N–H and O–H groups in total. The Kier molecular flexibility index (Phi) is 5.22. The van der Waals surface area contributed by atoms with Crippen LogP contribution in [0.2, 0.25) is 0 Å². The van der Waals surface area contributed by atoms with Gasteiger partial charge in [0.25, 0.3) is 0 Å². The van der Waals surface area contributed by atoms with Crippen molar-refractivity contribution in [2.45, 2.75) is 44.9 Å². The second-order valence-corrected chi connectivity index (χ2v) is 8.39. The summed E-state index contributed by atoms with van der Waals surface area (Å²) in [6.07, 6.45) is 6.10. The Morgan fingerprint density at radius 2 is 1.66 bits per heavy atom. The molecule has 29 heavy (non-hydrogen) atoms. The normalized spacial score (nSPS) is 20.4. The maximum Gasteiger partial charge on any atom is 0.235 e. The predicted molar refractivity (Wildman–Crippen MR) is 114 cm³/mol. The van der Waals surface area contributed by atoms with Crippen molar-refractivity contribution in [3.05, 3.63) is 11.8 Å². The molecule has 5 rings (SSSR count). The lowest BCUT2D eigenvalue weighted by Crippen LogP contribution is -2.47. The van der Waals surface area contributed by atoms with E-state index in [1.165, 1.54) is 44.3 Å². The first kappa shape index (κ1) is 18.6. The highest BCUT2D eigenvalue weighted by Gasteiger charge is 2.26. The van der Waals surface area contributed by atoms with E-state index in [9.17, 15) is 0 Å². The molecule has 0 amide bonds. The van der Waals surface area contributed by atoms with Crippen molar-refractivity contribution in [2.24, 2.45) is 0 Å². The van der Waals surface area contributed by atoms with Gasteiger partial charge in [-0.25, -0.2) is 0 Å². The highest BCUT2D eigenvalue weighted by atomic mass is 15.4. The van der Waals surface area contributed by atoms with E-state index in [1.54, 1.807) is 0 Å². The molecule has 3 fully saturated rings. The van der Waals surface area contributed by atoms with Gasteiger partial charge in [0, 0.05) is 56.9 Å². The molecule has 2 saturated heterocycles. The standard InChI is InChI=1S/C20H31N9/c1-2-7-27-10-12-29(13-11-27)20-23-18(22-19(24-20)28-8-3-4-9-28)21-17-14-16(25-26-17)15-5-6-15/h14-15H,2-13H2,1H3,(H2,21,22,23,24,25,26). The number of aromatic nitrogens is 5. The summed E-state index contributed by atoms with van der Waals surface area (Å²) < 4.78 is 0. The van der Waals surface area contributed by atoms with Crippen molar-refractivity contribution in [2.75, 3.05) is 60.9 Å². The van der Waals surface area contributed by atoms with Crippen LogP contribution in [0.15, 0.2) is 6.07 Å². The first-order valence-corrected chi connectivity index (χ1v) is 11.1. The predicted octanol–water partition coefficient (Wildman–Crippen LogP) is 2.35. The van der Waals surface area contributed by atoms with E-state index in [0.717, 1.165) is 57.0 Å². The average molecular weight is 398 g/mol. The van der Waals surface area contributed by atoms with Crippen LogP contribution in [-0.4, -0.2) is 75.9 Å². The van der Waals surface area contributed by atoms with Crippen molar-refractivity contribution in [3.63, 3.8) is 0 Å². The summed E-state index contributed by atoms with van der Waals surface area (Å²) in [6, 6.07) is 2.08. The second-order valence-electron chi connectivity index (χ2n) is 8.39. The fraction of sp³-hybridized carbons (Fsp3) is 0.700. The molecular formula is C20H31N9. The van der Waals surface area contributed by atoms with Gasteiger partial charge >= 0.3 is 0 Å². The summed E-state index contributed by atoms with van der Waals surface area (Å²) in [7, 11) is 0. The molecule has 2 aromatic heterocycles. The monoisotopic (exact) mass is 397 g/mol. The minimum Gasteiger partial charge on any atom is -0.341 e. The number of piperazine rings is 1. The highest BCUT2D eigenvalue weighted by Crippen LogP contribution is 2.39. The van der Waals surface area contributed by atoms with Crippen molar-refractivity contribution >= 4 is 23.7 Å². The van der Waals surface area contributed by atoms with E-state index in [4.69, 9.17) is 15.0 Å². The number of aromatic amines is 1. The largest absolute Gasteiger partial charge is 0.341 e. The van der Waals surface area contributed by atoms with Gasteiger partial charge in [0.2, 0.25) is 17.8 Å². The van der Waals surface area contributed by atoms with Crippen LogP contribution in [-0.2, 0) is 0 Å². The number of anilines is 4. The molecule has 2 aliphatic heterocycles. The second kappa shape index (κ2) is 8.14. The maximum absolute atomic E-state index is 4.84. The van der Waals surface area contributed by atoms with E-state index in [2.05, 4.69) is 43.2 Å². The fourth-order valence-corrected chi connectivity index (χ4v) is 4.22. The van der Waals surface area contributed by atoms with Crippen LogP contribution >= 0.6 is 0 Å². The molecule has 4 heterocycles. The van der Waals surface area contributed by atoms with Crippen molar-refractivity contribution < 1.29 is 0 Å². The molecular weight excluding hydrogens is 366 g/mol. The Hall–Kier alpha value is -2.42. The van der Waals surface area contributed by atoms with Gasteiger partial charge in [-0.3, -0.25) is 10.00 Å². The van der Waals surface area contributed by atoms with E-state index in [1.807, 2.05) is 0 Å². The maximum atomic E-state index is 4.84. The van der Waals surface area contributed by atoms with Gasteiger partial charge < -0.3 is 15.1 Å². The molecule has 0 aromatic carbocycles. The van der Waals surface area contributed by atoms with Gasteiger partial charge in [0.1, 0.15) is 0 Å². The summed E-state index contributed by atoms with van der Waals surface area (Å²) >= 11 is 0. The summed E-state index contributed by atoms with van der Waals surface area (Å²) in [6.45, 7) is 9.47. The zero-order chi connectivity index (χ0) is 19.6. The number of H-pyrrole nitrogens is 1. The summed E-state index contributed by atoms with van der Waals surface area (Å²) in [5, 5.41) is 10.9. The fourth-order valence-electron chi connectivity index (χ4n) is 4.22. The molecule has 2 aromatic rings.